The second-order valence-electron chi connectivity index (χ2n) is 6.82. The van der Waals surface area contributed by atoms with Gasteiger partial charge in [-0.15, -0.1) is 0 Å². The fraction of sp³-hybridized carbons (Fsp3) is 1.00. The number of ether oxygens (including phenoxy) is 1. The standard InChI is InChI=1S/C16H34N2O2/c1-14-6-5-7-16(10-14,12-17-8-9-20-4)13-18(3)15(2)11-19/h14-15,17,19H,5-13H2,1-4H3. The Morgan fingerprint density at radius 1 is 1.50 bits per heavy atom. The van der Waals surface area contributed by atoms with Crippen molar-refractivity contribution < 1.29 is 9.84 Å². The van der Waals surface area contributed by atoms with E-state index in [2.05, 4.69) is 31.1 Å². The topological polar surface area (TPSA) is 44.7 Å². The summed E-state index contributed by atoms with van der Waals surface area (Å²) in [6, 6.07) is 0.239. The van der Waals surface area contributed by atoms with Crippen LogP contribution in [0, 0.1) is 11.3 Å². The number of hydrogen-bond acceptors (Lipinski definition) is 4. The monoisotopic (exact) mass is 286 g/mol. The fourth-order valence-electron chi connectivity index (χ4n) is 3.48. The number of rotatable bonds is 9. The van der Waals surface area contributed by atoms with Crippen molar-refractivity contribution in [3.8, 4) is 0 Å². The average molecular weight is 286 g/mol. The molecule has 1 aliphatic rings. The summed E-state index contributed by atoms with van der Waals surface area (Å²) in [6.07, 6.45) is 5.27. The van der Waals surface area contributed by atoms with Crippen LogP contribution >= 0.6 is 0 Å². The molecule has 0 aromatic carbocycles. The zero-order chi connectivity index (χ0) is 15.0. The molecule has 0 saturated heterocycles. The summed E-state index contributed by atoms with van der Waals surface area (Å²) < 4.78 is 5.12. The summed E-state index contributed by atoms with van der Waals surface area (Å²) in [7, 11) is 3.88. The van der Waals surface area contributed by atoms with Crippen molar-refractivity contribution >= 4 is 0 Å². The van der Waals surface area contributed by atoms with Gasteiger partial charge in [-0.3, -0.25) is 0 Å². The zero-order valence-corrected chi connectivity index (χ0v) is 13.8. The normalized spacial score (nSPS) is 28.8. The van der Waals surface area contributed by atoms with Gasteiger partial charge in [0.1, 0.15) is 0 Å². The van der Waals surface area contributed by atoms with Gasteiger partial charge in [0, 0.05) is 32.8 Å². The van der Waals surface area contributed by atoms with Crippen molar-refractivity contribution in [3.63, 3.8) is 0 Å². The van der Waals surface area contributed by atoms with Crippen molar-refractivity contribution in [1.29, 1.82) is 0 Å². The minimum atomic E-state index is 0.235. The summed E-state index contributed by atoms with van der Waals surface area (Å²) in [6.45, 7) is 8.53. The summed E-state index contributed by atoms with van der Waals surface area (Å²) in [5.74, 6) is 0.811. The van der Waals surface area contributed by atoms with Crippen molar-refractivity contribution in [2.45, 2.75) is 45.6 Å². The Morgan fingerprint density at radius 2 is 2.25 bits per heavy atom. The van der Waals surface area contributed by atoms with Crippen LogP contribution in [0.25, 0.3) is 0 Å². The lowest BCUT2D eigenvalue weighted by molar-refractivity contribution is 0.0584. The molecule has 3 unspecified atom stereocenters. The van der Waals surface area contributed by atoms with E-state index in [0.29, 0.717) is 5.41 Å². The van der Waals surface area contributed by atoms with Crippen LogP contribution in [0.4, 0.5) is 0 Å². The molecule has 2 N–H and O–H groups in total. The van der Waals surface area contributed by atoms with Crippen LogP contribution in [0.5, 0.6) is 0 Å². The van der Waals surface area contributed by atoms with E-state index in [1.807, 2.05) is 0 Å². The molecule has 0 radical (unpaired) electrons. The molecule has 0 spiro atoms. The lowest BCUT2D eigenvalue weighted by atomic mass is 9.69. The Labute approximate surface area is 124 Å². The van der Waals surface area contributed by atoms with Crippen LogP contribution in [-0.2, 0) is 4.74 Å². The van der Waals surface area contributed by atoms with Gasteiger partial charge in [-0.2, -0.15) is 0 Å². The van der Waals surface area contributed by atoms with Gasteiger partial charge in [0.05, 0.1) is 13.2 Å². The van der Waals surface area contributed by atoms with Gasteiger partial charge in [-0.25, -0.2) is 0 Å². The largest absolute Gasteiger partial charge is 0.395 e. The molecule has 1 rings (SSSR count). The van der Waals surface area contributed by atoms with E-state index in [0.717, 1.165) is 32.2 Å². The molecule has 4 nitrogen and oxygen atoms in total. The first-order chi connectivity index (χ1) is 9.53. The number of likely N-dealkylation sites (N-methyl/N-ethyl adjacent to an activating group) is 1. The third kappa shape index (κ3) is 5.68. The second-order valence-corrected chi connectivity index (χ2v) is 6.82. The molecule has 20 heavy (non-hydrogen) atoms. The minimum Gasteiger partial charge on any atom is -0.395 e. The van der Waals surface area contributed by atoms with Crippen molar-refractivity contribution in [2.24, 2.45) is 11.3 Å². The predicted octanol–water partition coefficient (Wildman–Crippen LogP) is 1.73. The molecule has 0 heterocycles. The number of nitrogens with one attached hydrogen (secondary N) is 1. The molecule has 0 bridgehead atoms. The lowest BCUT2D eigenvalue weighted by Gasteiger charge is -2.44. The quantitative estimate of drug-likeness (QED) is 0.634. The molecular formula is C16H34N2O2. The molecule has 1 fully saturated rings. The highest BCUT2D eigenvalue weighted by atomic mass is 16.5. The van der Waals surface area contributed by atoms with Gasteiger partial charge in [0.25, 0.3) is 0 Å². The SMILES string of the molecule is COCCNCC1(CN(C)C(C)CO)CCCC(C)C1. The first-order valence-electron chi connectivity index (χ1n) is 8.04. The molecule has 0 aliphatic heterocycles. The number of methoxy groups -OCH3 is 1. The predicted molar refractivity (Wildman–Crippen MR) is 84.0 cm³/mol. The first-order valence-corrected chi connectivity index (χ1v) is 8.04. The van der Waals surface area contributed by atoms with Crippen molar-refractivity contribution in [1.82, 2.24) is 10.2 Å². The van der Waals surface area contributed by atoms with Crippen LogP contribution in [0.15, 0.2) is 0 Å². The van der Waals surface area contributed by atoms with Gasteiger partial charge >= 0.3 is 0 Å². The highest BCUT2D eigenvalue weighted by Gasteiger charge is 2.36. The zero-order valence-electron chi connectivity index (χ0n) is 13.8. The van der Waals surface area contributed by atoms with Crippen LogP contribution < -0.4 is 5.32 Å². The van der Waals surface area contributed by atoms with Crippen LogP contribution in [-0.4, -0.2) is 63.1 Å². The molecule has 0 aromatic heterocycles. The maximum Gasteiger partial charge on any atom is 0.0587 e. The Morgan fingerprint density at radius 3 is 2.85 bits per heavy atom. The van der Waals surface area contributed by atoms with Gasteiger partial charge < -0.3 is 20.1 Å². The Kier molecular flexibility index (Phi) is 8.03. The van der Waals surface area contributed by atoms with E-state index in [9.17, 15) is 5.11 Å². The number of hydrogen-bond donors (Lipinski definition) is 2. The van der Waals surface area contributed by atoms with Crippen LogP contribution in [0.2, 0.25) is 0 Å². The van der Waals surface area contributed by atoms with E-state index in [1.54, 1.807) is 7.11 Å². The molecular weight excluding hydrogens is 252 g/mol. The average Bonchev–Trinajstić information content (AvgIpc) is 2.42. The molecule has 120 valence electrons. The third-order valence-electron chi connectivity index (χ3n) is 4.77. The van der Waals surface area contributed by atoms with Gasteiger partial charge in [0.2, 0.25) is 0 Å². The highest BCUT2D eigenvalue weighted by Crippen LogP contribution is 2.39. The molecule has 3 atom stereocenters. The third-order valence-corrected chi connectivity index (χ3v) is 4.77. The number of aliphatic hydroxyl groups excluding tert-OH is 1. The summed E-state index contributed by atoms with van der Waals surface area (Å²) in [5.41, 5.74) is 0.351. The Hall–Kier alpha value is -0.160. The first kappa shape index (κ1) is 17.9. The highest BCUT2D eigenvalue weighted by molar-refractivity contribution is 4.90. The van der Waals surface area contributed by atoms with E-state index in [4.69, 9.17) is 4.74 Å². The number of aliphatic hydroxyl groups is 1. The van der Waals surface area contributed by atoms with Crippen LogP contribution in [0.3, 0.4) is 0 Å². The maximum atomic E-state index is 9.34. The molecule has 4 heteroatoms. The van der Waals surface area contributed by atoms with Crippen molar-refractivity contribution in [2.75, 3.05) is 47.0 Å². The molecule has 0 amide bonds. The lowest BCUT2D eigenvalue weighted by Crippen LogP contribution is -2.48. The minimum absolute atomic E-state index is 0.235. The van der Waals surface area contributed by atoms with Gasteiger partial charge in [0.15, 0.2) is 0 Å². The summed E-state index contributed by atoms with van der Waals surface area (Å²) in [4.78, 5) is 2.32. The Bertz CT molecular complexity index is 263. The number of nitrogens with zero attached hydrogens (tertiary/aromatic N) is 1. The van der Waals surface area contributed by atoms with E-state index < -0.39 is 0 Å². The molecule has 0 aromatic rings. The summed E-state index contributed by atoms with van der Waals surface area (Å²) in [5, 5.41) is 12.9. The maximum absolute atomic E-state index is 9.34. The smallest absolute Gasteiger partial charge is 0.0587 e. The van der Waals surface area contributed by atoms with Crippen molar-refractivity contribution in [3.05, 3.63) is 0 Å². The van der Waals surface area contributed by atoms with Gasteiger partial charge in [-0.1, -0.05) is 19.8 Å². The van der Waals surface area contributed by atoms with E-state index in [-0.39, 0.29) is 12.6 Å². The fourth-order valence-corrected chi connectivity index (χ4v) is 3.48. The van der Waals surface area contributed by atoms with E-state index in [1.165, 1.54) is 25.7 Å². The van der Waals surface area contributed by atoms with E-state index >= 15 is 0 Å². The Balaban J connectivity index is 2.58. The van der Waals surface area contributed by atoms with Crippen LogP contribution in [0.1, 0.15) is 39.5 Å². The molecule has 1 saturated carbocycles. The van der Waals surface area contributed by atoms with Gasteiger partial charge in [-0.05, 0) is 38.1 Å². The second kappa shape index (κ2) is 8.98. The molecule has 1 aliphatic carbocycles. The summed E-state index contributed by atoms with van der Waals surface area (Å²) >= 11 is 0.